The summed E-state index contributed by atoms with van der Waals surface area (Å²) in [6.07, 6.45) is 2.51. The van der Waals surface area contributed by atoms with Gasteiger partial charge in [0.15, 0.2) is 0 Å². The van der Waals surface area contributed by atoms with Gasteiger partial charge >= 0.3 is 0 Å². The number of hydrogen-bond donors (Lipinski definition) is 0. The largest absolute Gasteiger partial charge is 0.492 e. The van der Waals surface area contributed by atoms with Crippen molar-refractivity contribution in [1.82, 2.24) is 9.47 Å². The predicted molar refractivity (Wildman–Crippen MR) is 119 cm³/mol. The third-order valence-corrected chi connectivity index (χ3v) is 5.11. The van der Waals surface area contributed by atoms with E-state index in [4.69, 9.17) is 4.74 Å². The van der Waals surface area contributed by atoms with E-state index >= 15 is 0 Å². The average molecular weight is 405 g/mol. The second kappa shape index (κ2) is 10.4. The first-order chi connectivity index (χ1) is 14.6. The van der Waals surface area contributed by atoms with Crippen LogP contribution in [0.3, 0.4) is 0 Å². The van der Waals surface area contributed by atoms with Crippen LogP contribution >= 0.6 is 0 Å². The van der Waals surface area contributed by atoms with Crippen molar-refractivity contribution in [2.24, 2.45) is 0 Å². The quantitative estimate of drug-likeness (QED) is 0.543. The second-order valence-corrected chi connectivity index (χ2v) is 7.15. The molecule has 3 aromatic rings. The standard InChI is InChI=1S/C25H28N2O3/c1-3-26(18-19-30-22-12-8-5-9-13-22)24(28)23-20(2)14-16-27(25(23)29)17-15-21-10-6-4-7-11-21/h4-14,16H,3,15,17-19H2,1-2H3. The minimum absolute atomic E-state index is 0.238. The lowest BCUT2D eigenvalue weighted by atomic mass is 10.1. The Kier molecular flexibility index (Phi) is 7.44. The van der Waals surface area contributed by atoms with Gasteiger partial charge in [-0.2, -0.15) is 0 Å². The van der Waals surface area contributed by atoms with Gasteiger partial charge in [-0.1, -0.05) is 48.5 Å². The van der Waals surface area contributed by atoms with E-state index in [1.807, 2.05) is 80.6 Å². The van der Waals surface area contributed by atoms with Crippen molar-refractivity contribution in [3.63, 3.8) is 0 Å². The van der Waals surface area contributed by atoms with Gasteiger partial charge in [0, 0.05) is 19.3 Å². The van der Waals surface area contributed by atoms with Gasteiger partial charge in [0.25, 0.3) is 11.5 Å². The highest BCUT2D eigenvalue weighted by Gasteiger charge is 2.21. The molecule has 1 amide bonds. The van der Waals surface area contributed by atoms with E-state index in [1.165, 1.54) is 0 Å². The minimum Gasteiger partial charge on any atom is -0.492 e. The number of carbonyl (C=O) groups excluding carboxylic acids is 1. The first-order valence-corrected chi connectivity index (χ1v) is 10.3. The van der Waals surface area contributed by atoms with Crippen molar-refractivity contribution < 1.29 is 9.53 Å². The molecule has 0 aliphatic rings. The van der Waals surface area contributed by atoms with Gasteiger partial charge in [-0.15, -0.1) is 0 Å². The topological polar surface area (TPSA) is 51.5 Å². The molecular weight excluding hydrogens is 376 g/mol. The van der Waals surface area contributed by atoms with E-state index in [1.54, 1.807) is 15.7 Å². The fourth-order valence-corrected chi connectivity index (χ4v) is 3.35. The molecule has 0 saturated heterocycles. The third kappa shape index (κ3) is 5.38. The lowest BCUT2D eigenvalue weighted by Crippen LogP contribution is -2.39. The fourth-order valence-electron chi connectivity index (χ4n) is 3.35. The highest BCUT2D eigenvalue weighted by molar-refractivity contribution is 5.95. The van der Waals surface area contributed by atoms with Gasteiger partial charge in [0.2, 0.25) is 0 Å². The lowest BCUT2D eigenvalue weighted by Gasteiger charge is -2.22. The van der Waals surface area contributed by atoms with Crippen LogP contribution in [0.15, 0.2) is 77.7 Å². The zero-order valence-corrected chi connectivity index (χ0v) is 17.6. The molecule has 156 valence electrons. The van der Waals surface area contributed by atoms with Crippen LogP contribution in [-0.2, 0) is 13.0 Å². The first-order valence-electron chi connectivity index (χ1n) is 10.3. The van der Waals surface area contributed by atoms with Crippen molar-refractivity contribution in [3.8, 4) is 5.75 Å². The van der Waals surface area contributed by atoms with Crippen molar-refractivity contribution in [2.75, 3.05) is 19.7 Å². The number of nitrogens with zero attached hydrogens (tertiary/aromatic N) is 2. The fraction of sp³-hybridized carbons (Fsp3) is 0.280. The van der Waals surface area contributed by atoms with Crippen LogP contribution < -0.4 is 10.3 Å². The molecule has 0 saturated carbocycles. The summed E-state index contributed by atoms with van der Waals surface area (Å²) in [7, 11) is 0. The second-order valence-electron chi connectivity index (χ2n) is 7.15. The zero-order valence-electron chi connectivity index (χ0n) is 17.6. The van der Waals surface area contributed by atoms with E-state index in [2.05, 4.69) is 0 Å². The van der Waals surface area contributed by atoms with Crippen molar-refractivity contribution in [1.29, 1.82) is 0 Å². The van der Waals surface area contributed by atoms with Gasteiger partial charge in [0.05, 0.1) is 6.54 Å². The number of hydrogen-bond acceptors (Lipinski definition) is 3. The van der Waals surface area contributed by atoms with E-state index < -0.39 is 0 Å². The van der Waals surface area contributed by atoms with Crippen LogP contribution in [0.5, 0.6) is 5.75 Å². The maximum Gasteiger partial charge on any atom is 0.263 e. The molecule has 0 spiro atoms. The summed E-state index contributed by atoms with van der Waals surface area (Å²) in [6, 6.07) is 21.4. The molecule has 0 aliphatic carbocycles. The summed E-state index contributed by atoms with van der Waals surface area (Å²) in [6.45, 7) is 5.55. The predicted octanol–water partition coefficient (Wildman–Crippen LogP) is 3.94. The summed E-state index contributed by atoms with van der Waals surface area (Å²) < 4.78 is 7.35. The highest BCUT2D eigenvalue weighted by Crippen LogP contribution is 2.10. The number of amides is 1. The number of aryl methyl sites for hydroxylation is 3. The Bertz CT molecular complexity index is 1010. The SMILES string of the molecule is CCN(CCOc1ccccc1)C(=O)c1c(C)ccn(CCc2ccccc2)c1=O. The molecule has 1 heterocycles. The Morgan fingerprint density at radius 3 is 2.33 bits per heavy atom. The number of ether oxygens (including phenoxy) is 1. The number of pyridine rings is 1. The number of carbonyl (C=O) groups is 1. The number of para-hydroxylation sites is 1. The van der Waals surface area contributed by atoms with Gasteiger partial charge in [-0.05, 0) is 49.6 Å². The molecule has 30 heavy (non-hydrogen) atoms. The number of rotatable bonds is 9. The van der Waals surface area contributed by atoms with Crippen molar-refractivity contribution in [2.45, 2.75) is 26.8 Å². The minimum atomic E-state index is -0.245. The normalized spacial score (nSPS) is 10.6. The Hall–Kier alpha value is -3.34. The molecule has 1 aromatic heterocycles. The molecule has 0 fully saturated rings. The number of likely N-dealkylation sites (N-methyl/N-ethyl adjacent to an activating group) is 1. The van der Waals surface area contributed by atoms with Gasteiger partial charge < -0.3 is 14.2 Å². The Balaban J connectivity index is 1.70. The smallest absolute Gasteiger partial charge is 0.263 e. The summed E-state index contributed by atoms with van der Waals surface area (Å²) in [4.78, 5) is 27.9. The molecular formula is C25H28N2O3. The highest BCUT2D eigenvalue weighted by atomic mass is 16.5. The molecule has 3 rings (SSSR count). The van der Waals surface area contributed by atoms with E-state index in [9.17, 15) is 9.59 Å². The van der Waals surface area contributed by atoms with Crippen LogP contribution in [0, 0.1) is 6.92 Å². The average Bonchev–Trinajstić information content (AvgIpc) is 2.77. The monoisotopic (exact) mass is 404 g/mol. The molecule has 0 aliphatic heterocycles. The maximum atomic E-state index is 13.1. The van der Waals surface area contributed by atoms with E-state index in [-0.39, 0.29) is 17.0 Å². The molecule has 0 radical (unpaired) electrons. The molecule has 5 nitrogen and oxygen atoms in total. The summed E-state index contributed by atoms with van der Waals surface area (Å²) in [5, 5.41) is 0. The third-order valence-electron chi connectivity index (χ3n) is 5.11. The van der Waals surface area contributed by atoms with Crippen LogP contribution in [0.1, 0.15) is 28.4 Å². The first kappa shape index (κ1) is 21.4. The summed E-state index contributed by atoms with van der Waals surface area (Å²) in [5.74, 6) is 0.519. The van der Waals surface area contributed by atoms with Crippen LogP contribution in [0.25, 0.3) is 0 Å². The Morgan fingerprint density at radius 2 is 1.67 bits per heavy atom. The van der Waals surface area contributed by atoms with Gasteiger partial charge in [-0.3, -0.25) is 9.59 Å². The molecule has 0 N–H and O–H groups in total. The number of aromatic nitrogens is 1. The van der Waals surface area contributed by atoms with Crippen LogP contribution in [0.4, 0.5) is 0 Å². The van der Waals surface area contributed by atoms with E-state index in [0.717, 1.165) is 17.7 Å². The van der Waals surface area contributed by atoms with Crippen molar-refractivity contribution in [3.05, 3.63) is 100.0 Å². The Morgan fingerprint density at radius 1 is 1.00 bits per heavy atom. The molecule has 0 atom stereocenters. The summed E-state index contributed by atoms with van der Waals surface area (Å²) in [5.41, 5.74) is 1.86. The van der Waals surface area contributed by atoms with Crippen molar-refractivity contribution >= 4 is 5.91 Å². The lowest BCUT2D eigenvalue weighted by molar-refractivity contribution is 0.0736. The molecule has 2 aromatic carbocycles. The summed E-state index contributed by atoms with van der Waals surface area (Å²) >= 11 is 0. The van der Waals surface area contributed by atoms with Gasteiger partial charge in [-0.25, -0.2) is 0 Å². The van der Waals surface area contributed by atoms with Crippen LogP contribution in [-0.4, -0.2) is 35.1 Å². The molecule has 0 bridgehead atoms. The number of benzene rings is 2. The van der Waals surface area contributed by atoms with Gasteiger partial charge in [0.1, 0.15) is 17.9 Å². The maximum absolute atomic E-state index is 13.1. The van der Waals surface area contributed by atoms with Crippen LogP contribution in [0.2, 0.25) is 0 Å². The molecule has 5 heteroatoms. The van der Waals surface area contributed by atoms with E-state index in [0.29, 0.717) is 31.8 Å². The molecule has 0 unspecified atom stereocenters. The zero-order chi connectivity index (χ0) is 21.3. The Labute approximate surface area is 177 Å².